The number of nitrogens with two attached hydrogens (primary N) is 1. The van der Waals surface area contributed by atoms with Gasteiger partial charge in [-0.05, 0) is 61.3 Å². The monoisotopic (exact) mass is 521 g/mol. The molecule has 0 aromatic heterocycles. The number of benzene rings is 2. The normalized spacial score (nSPS) is 17.6. The molecule has 0 unspecified atom stereocenters. The van der Waals surface area contributed by atoms with Crippen molar-refractivity contribution in [1.82, 2.24) is 10.2 Å². The maximum Gasteiger partial charge on any atom is 0.245 e. The summed E-state index contributed by atoms with van der Waals surface area (Å²) in [4.78, 5) is 41.1. The van der Waals surface area contributed by atoms with Crippen LogP contribution >= 0.6 is 0 Å². The van der Waals surface area contributed by atoms with Crippen molar-refractivity contribution in [3.05, 3.63) is 54.1 Å². The molecule has 1 fully saturated rings. The number of rotatable bonds is 12. The Morgan fingerprint density at radius 3 is 2.55 bits per heavy atom. The van der Waals surface area contributed by atoms with E-state index in [1.54, 1.807) is 7.11 Å². The van der Waals surface area contributed by atoms with E-state index in [-0.39, 0.29) is 17.7 Å². The molecule has 0 aliphatic carbocycles. The molecule has 1 aliphatic rings. The Hall–Kier alpha value is -3.35. The molecule has 3 rings (SSSR count). The summed E-state index contributed by atoms with van der Waals surface area (Å²) in [7, 11) is 1.66. The number of amides is 3. The second-order valence-electron chi connectivity index (χ2n) is 10.8. The third-order valence-corrected chi connectivity index (χ3v) is 7.33. The molecule has 0 bridgehead atoms. The number of nitrogens with one attached hydrogen (secondary N) is 1. The fraction of sp³-hybridized carbons (Fsp3) is 0.516. The highest BCUT2D eigenvalue weighted by Gasteiger charge is 2.35. The number of nitrogens with zero attached hydrogens (tertiary/aromatic N) is 1. The van der Waals surface area contributed by atoms with Crippen molar-refractivity contribution >= 4 is 17.7 Å². The first-order valence-electron chi connectivity index (χ1n) is 13.9. The van der Waals surface area contributed by atoms with Gasteiger partial charge in [-0.25, -0.2) is 0 Å². The number of ether oxygens (including phenoxy) is 1. The van der Waals surface area contributed by atoms with Crippen LogP contribution in [0.5, 0.6) is 5.75 Å². The first-order chi connectivity index (χ1) is 18.2. The van der Waals surface area contributed by atoms with Crippen LogP contribution in [0.3, 0.4) is 0 Å². The number of carbonyl (C=O) groups excluding carboxylic acids is 3. The molecule has 3 amide bonds. The van der Waals surface area contributed by atoms with Crippen molar-refractivity contribution in [2.45, 2.75) is 71.9 Å². The Morgan fingerprint density at radius 2 is 1.87 bits per heavy atom. The van der Waals surface area contributed by atoms with Gasteiger partial charge >= 0.3 is 0 Å². The highest BCUT2D eigenvalue weighted by Crippen LogP contribution is 2.31. The SMILES string of the molecule is CCC[C@H](C(N)=O)[C@@H](CC(C)C)C(=O)N[C@H]1CCCCN(Cc2cccc(-c3ccccc3OC)c2)C1=O. The van der Waals surface area contributed by atoms with Crippen LogP contribution in [0, 0.1) is 17.8 Å². The Kier molecular flexibility index (Phi) is 10.7. The van der Waals surface area contributed by atoms with Crippen molar-refractivity contribution in [3.8, 4) is 16.9 Å². The maximum absolute atomic E-state index is 13.6. The Bertz CT molecular complexity index is 1100. The van der Waals surface area contributed by atoms with E-state index in [0.717, 1.165) is 41.7 Å². The van der Waals surface area contributed by atoms with Gasteiger partial charge in [0.2, 0.25) is 17.7 Å². The van der Waals surface area contributed by atoms with E-state index < -0.39 is 23.8 Å². The van der Waals surface area contributed by atoms with Crippen molar-refractivity contribution in [3.63, 3.8) is 0 Å². The van der Waals surface area contributed by atoms with Crippen LogP contribution in [0.1, 0.15) is 64.9 Å². The first-order valence-corrected chi connectivity index (χ1v) is 13.9. The van der Waals surface area contributed by atoms with Gasteiger partial charge in [0.15, 0.2) is 0 Å². The van der Waals surface area contributed by atoms with Crippen LogP contribution in [-0.4, -0.2) is 42.3 Å². The summed E-state index contributed by atoms with van der Waals surface area (Å²) in [6, 6.07) is 15.4. The van der Waals surface area contributed by atoms with Crippen LogP contribution in [-0.2, 0) is 20.9 Å². The third kappa shape index (κ3) is 7.59. The molecule has 0 spiro atoms. The van der Waals surface area contributed by atoms with Gasteiger partial charge in [-0.2, -0.15) is 0 Å². The molecule has 7 heteroatoms. The van der Waals surface area contributed by atoms with E-state index in [4.69, 9.17) is 10.5 Å². The van der Waals surface area contributed by atoms with E-state index in [1.807, 2.05) is 68.1 Å². The lowest BCUT2D eigenvalue weighted by Crippen LogP contribution is -2.50. The first kappa shape index (κ1) is 29.2. The summed E-state index contributed by atoms with van der Waals surface area (Å²) in [5.74, 6) is -0.807. The molecule has 2 aromatic carbocycles. The molecule has 3 N–H and O–H groups in total. The van der Waals surface area contributed by atoms with Gasteiger partial charge in [-0.15, -0.1) is 0 Å². The quantitative estimate of drug-likeness (QED) is 0.414. The van der Waals surface area contributed by atoms with Crippen molar-refractivity contribution in [2.75, 3.05) is 13.7 Å². The molecular formula is C31H43N3O4. The zero-order chi connectivity index (χ0) is 27.7. The standard InChI is InChI=1S/C31H43N3O4/c1-5-11-25(29(32)35)26(18-21(2)3)30(36)33-27-15-8-9-17-34(31(27)37)20-22-12-10-13-23(19-22)24-14-6-7-16-28(24)38-4/h6-7,10,12-14,16,19,21,25-27H,5,8-9,11,15,17-18,20H2,1-4H3,(H2,32,35)(H,33,36)/t25-,26+,27-/m0/s1. The molecule has 1 heterocycles. The van der Waals surface area contributed by atoms with Crippen LogP contribution in [0.15, 0.2) is 48.5 Å². The third-order valence-electron chi connectivity index (χ3n) is 7.33. The molecule has 7 nitrogen and oxygen atoms in total. The molecule has 0 saturated carbocycles. The number of primary amides is 1. The lowest BCUT2D eigenvalue weighted by molar-refractivity contribution is -0.139. The summed E-state index contributed by atoms with van der Waals surface area (Å²) in [5, 5.41) is 3.02. The summed E-state index contributed by atoms with van der Waals surface area (Å²) in [6.07, 6.45) is 4.19. The fourth-order valence-corrected chi connectivity index (χ4v) is 5.43. The average molecular weight is 522 g/mol. The molecule has 206 valence electrons. The fourth-order valence-electron chi connectivity index (χ4n) is 5.43. The highest BCUT2D eigenvalue weighted by atomic mass is 16.5. The van der Waals surface area contributed by atoms with Crippen molar-refractivity contribution in [2.24, 2.45) is 23.5 Å². The van der Waals surface area contributed by atoms with Gasteiger partial charge in [-0.3, -0.25) is 14.4 Å². The second-order valence-corrected chi connectivity index (χ2v) is 10.8. The Morgan fingerprint density at radius 1 is 1.11 bits per heavy atom. The summed E-state index contributed by atoms with van der Waals surface area (Å²) in [5.41, 5.74) is 8.74. The lowest BCUT2D eigenvalue weighted by Gasteiger charge is -2.29. The van der Waals surface area contributed by atoms with Gasteiger partial charge in [-0.1, -0.05) is 63.6 Å². The number of hydrogen-bond acceptors (Lipinski definition) is 4. The minimum Gasteiger partial charge on any atom is -0.496 e. The van der Waals surface area contributed by atoms with Gasteiger partial charge < -0.3 is 20.7 Å². The topological polar surface area (TPSA) is 102 Å². The molecule has 3 atom stereocenters. The van der Waals surface area contributed by atoms with Crippen molar-refractivity contribution < 1.29 is 19.1 Å². The minimum atomic E-state index is -0.604. The summed E-state index contributed by atoms with van der Waals surface area (Å²) >= 11 is 0. The molecule has 1 aliphatic heterocycles. The lowest BCUT2D eigenvalue weighted by atomic mass is 9.81. The molecule has 2 aromatic rings. The van der Waals surface area contributed by atoms with Crippen molar-refractivity contribution in [1.29, 1.82) is 0 Å². The van der Waals surface area contributed by atoms with E-state index in [2.05, 4.69) is 11.4 Å². The average Bonchev–Trinajstić information content (AvgIpc) is 3.06. The minimum absolute atomic E-state index is 0.0760. The highest BCUT2D eigenvalue weighted by molar-refractivity contribution is 5.91. The molecule has 1 saturated heterocycles. The van der Waals surface area contributed by atoms with Gasteiger partial charge in [0.1, 0.15) is 11.8 Å². The number of hydrogen-bond donors (Lipinski definition) is 2. The van der Waals surface area contributed by atoms with Gasteiger partial charge in [0.25, 0.3) is 0 Å². The predicted octanol–water partition coefficient (Wildman–Crippen LogP) is 4.92. The van der Waals surface area contributed by atoms with E-state index in [0.29, 0.717) is 32.4 Å². The second kappa shape index (κ2) is 14.0. The summed E-state index contributed by atoms with van der Waals surface area (Å²) in [6.45, 7) is 7.14. The van der Waals surface area contributed by atoms with E-state index >= 15 is 0 Å². The van der Waals surface area contributed by atoms with Crippen LogP contribution < -0.4 is 15.8 Å². The predicted molar refractivity (Wildman–Crippen MR) is 150 cm³/mol. The smallest absolute Gasteiger partial charge is 0.245 e. The van der Waals surface area contributed by atoms with Crippen LogP contribution in [0.2, 0.25) is 0 Å². The Labute approximate surface area is 227 Å². The van der Waals surface area contributed by atoms with E-state index in [1.165, 1.54) is 0 Å². The molecular weight excluding hydrogens is 478 g/mol. The number of para-hydroxylation sites is 1. The zero-order valence-electron chi connectivity index (χ0n) is 23.2. The maximum atomic E-state index is 13.6. The Balaban J connectivity index is 1.77. The number of methoxy groups -OCH3 is 1. The van der Waals surface area contributed by atoms with Gasteiger partial charge in [0, 0.05) is 30.5 Å². The molecule has 38 heavy (non-hydrogen) atoms. The van der Waals surface area contributed by atoms with Gasteiger partial charge in [0.05, 0.1) is 7.11 Å². The summed E-state index contributed by atoms with van der Waals surface area (Å²) < 4.78 is 5.53. The van der Waals surface area contributed by atoms with Crippen LogP contribution in [0.4, 0.5) is 0 Å². The molecule has 0 radical (unpaired) electrons. The number of carbonyl (C=O) groups is 3. The van der Waals surface area contributed by atoms with E-state index in [9.17, 15) is 14.4 Å². The largest absolute Gasteiger partial charge is 0.496 e. The van der Waals surface area contributed by atoms with Crippen LogP contribution in [0.25, 0.3) is 11.1 Å². The number of likely N-dealkylation sites (tertiary alicyclic amines) is 1. The zero-order valence-corrected chi connectivity index (χ0v) is 23.2.